The van der Waals surface area contributed by atoms with Crippen LogP contribution in [-0.4, -0.2) is 34.2 Å². The van der Waals surface area contributed by atoms with Gasteiger partial charge in [-0.3, -0.25) is 14.3 Å². The zero-order chi connectivity index (χ0) is 18.6. The molecule has 0 saturated carbocycles. The molecule has 0 bridgehead atoms. The molecule has 8 heteroatoms. The lowest BCUT2D eigenvalue weighted by atomic mass is 10.1. The first-order chi connectivity index (χ1) is 11.7. The summed E-state index contributed by atoms with van der Waals surface area (Å²) < 4.78 is 1.64. The van der Waals surface area contributed by atoms with E-state index in [-0.39, 0.29) is 29.8 Å². The van der Waals surface area contributed by atoms with Gasteiger partial charge in [0.05, 0.1) is 6.20 Å². The third kappa shape index (κ3) is 5.86. The molecule has 3 N–H and O–H groups in total. The number of carbonyl (C=O) groups excluding carboxylic acids is 2. The molecule has 2 rings (SSSR count). The van der Waals surface area contributed by atoms with Crippen LogP contribution in [0.25, 0.3) is 0 Å². The van der Waals surface area contributed by atoms with Gasteiger partial charge in [-0.1, -0.05) is 6.07 Å². The van der Waals surface area contributed by atoms with Gasteiger partial charge in [-0.15, -0.1) is 12.4 Å². The zero-order valence-corrected chi connectivity index (χ0v) is 16.5. The second-order valence-electron chi connectivity index (χ2n) is 6.94. The fourth-order valence-corrected chi connectivity index (χ4v) is 2.40. The number of benzene rings is 1. The van der Waals surface area contributed by atoms with E-state index in [9.17, 15) is 9.59 Å². The van der Waals surface area contributed by atoms with Gasteiger partial charge >= 0.3 is 0 Å². The van der Waals surface area contributed by atoms with E-state index < -0.39 is 6.04 Å². The first-order valence-electron chi connectivity index (χ1n) is 8.09. The number of anilines is 1. The summed E-state index contributed by atoms with van der Waals surface area (Å²) in [6.45, 7) is 5.76. The minimum Gasteiger partial charge on any atom is -0.347 e. The lowest BCUT2D eigenvalue weighted by Crippen LogP contribution is -2.40. The molecule has 142 valence electrons. The molecule has 1 aromatic carbocycles. The Bertz CT molecular complexity index is 767. The number of nitrogens with zero attached hydrogens (tertiary/aromatic N) is 2. The SMILES string of the molecule is CNC(C(=O)Nc1cccc(C(=O)NC(C)(C)C)c1)c1cnn(C)c1.Cl. The van der Waals surface area contributed by atoms with Crippen LogP contribution in [0.2, 0.25) is 0 Å². The second-order valence-corrected chi connectivity index (χ2v) is 6.94. The Morgan fingerprint density at radius 2 is 1.92 bits per heavy atom. The summed E-state index contributed by atoms with van der Waals surface area (Å²) in [6, 6.07) is 6.34. The van der Waals surface area contributed by atoms with Crippen LogP contribution in [0.5, 0.6) is 0 Å². The number of carbonyl (C=O) groups is 2. The molecule has 0 aliphatic carbocycles. The van der Waals surface area contributed by atoms with Crippen LogP contribution in [0.1, 0.15) is 42.7 Å². The van der Waals surface area contributed by atoms with E-state index in [0.717, 1.165) is 5.56 Å². The fraction of sp³-hybridized carbons (Fsp3) is 0.389. The molecule has 0 saturated heterocycles. The highest BCUT2D eigenvalue weighted by molar-refractivity contribution is 5.99. The number of aryl methyl sites for hydroxylation is 1. The maximum absolute atomic E-state index is 12.6. The van der Waals surface area contributed by atoms with Gasteiger partial charge in [0.2, 0.25) is 5.91 Å². The largest absolute Gasteiger partial charge is 0.347 e. The van der Waals surface area contributed by atoms with Crippen LogP contribution >= 0.6 is 12.4 Å². The Morgan fingerprint density at radius 1 is 1.23 bits per heavy atom. The number of likely N-dealkylation sites (N-methyl/N-ethyl adjacent to an activating group) is 1. The van der Waals surface area contributed by atoms with Crippen molar-refractivity contribution in [1.82, 2.24) is 20.4 Å². The highest BCUT2D eigenvalue weighted by Gasteiger charge is 2.21. The van der Waals surface area contributed by atoms with Crippen molar-refractivity contribution in [1.29, 1.82) is 0 Å². The second kappa shape index (κ2) is 8.82. The lowest BCUT2D eigenvalue weighted by Gasteiger charge is -2.21. The van der Waals surface area contributed by atoms with Crippen LogP contribution < -0.4 is 16.0 Å². The van der Waals surface area contributed by atoms with E-state index in [2.05, 4.69) is 21.0 Å². The zero-order valence-electron chi connectivity index (χ0n) is 15.7. The summed E-state index contributed by atoms with van der Waals surface area (Å²) in [4.78, 5) is 24.8. The van der Waals surface area contributed by atoms with Crippen LogP contribution in [-0.2, 0) is 11.8 Å². The first kappa shape index (κ1) is 21.7. The molecule has 1 unspecified atom stereocenters. The number of nitrogens with one attached hydrogen (secondary N) is 3. The van der Waals surface area contributed by atoms with Gasteiger partial charge in [-0.25, -0.2) is 0 Å². The summed E-state index contributed by atoms with van der Waals surface area (Å²) in [6.07, 6.45) is 3.43. The minimum absolute atomic E-state index is 0. The standard InChI is InChI=1S/C18H25N5O2.ClH/c1-18(2,3)22-16(24)12-7-6-8-14(9-12)21-17(25)15(19-4)13-10-20-23(5)11-13;/h6-11,15,19H,1-5H3,(H,21,25)(H,22,24);1H. The summed E-state index contributed by atoms with van der Waals surface area (Å²) in [5, 5.41) is 12.8. The van der Waals surface area contributed by atoms with Crippen LogP contribution in [0.15, 0.2) is 36.7 Å². The number of halogens is 1. The molecule has 26 heavy (non-hydrogen) atoms. The van der Waals surface area contributed by atoms with Gasteiger partial charge < -0.3 is 16.0 Å². The van der Waals surface area contributed by atoms with Crippen molar-refractivity contribution in [2.75, 3.05) is 12.4 Å². The van der Waals surface area contributed by atoms with E-state index in [1.54, 1.807) is 55.4 Å². The quantitative estimate of drug-likeness (QED) is 0.743. The van der Waals surface area contributed by atoms with Crippen LogP contribution in [0.4, 0.5) is 5.69 Å². The number of aromatic nitrogens is 2. The van der Waals surface area contributed by atoms with Gasteiger partial charge in [0, 0.05) is 35.6 Å². The predicted octanol–water partition coefficient (Wildman–Crippen LogP) is 2.27. The highest BCUT2D eigenvalue weighted by Crippen LogP contribution is 2.17. The highest BCUT2D eigenvalue weighted by atomic mass is 35.5. The van der Waals surface area contributed by atoms with Gasteiger partial charge in [0.15, 0.2) is 0 Å². The average Bonchev–Trinajstić information content (AvgIpc) is 2.93. The average molecular weight is 380 g/mol. The van der Waals surface area contributed by atoms with Gasteiger partial charge in [-0.05, 0) is 46.0 Å². The van der Waals surface area contributed by atoms with Crippen molar-refractivity contribution >= 4 is 29.9 Å². The minimum atomic E-state index is -0.527. The Morgan fingerprint density at radius 3 is 2.46 bits per heavy atom. The molecule has 2 aromatic rings. The molecular formula is C18H26ClN5O2. The van der Waals surface area contributed by atoms with Gasteiger partial charge in [0.25, 0.3) is 5.91 Å². The molecule has 0 aliphatic heterocycles. The maximum atomic E-state index is 12.6. The molecular weight excluding hydrogens is 354 g/mol. The summed E-state index contributed by atoms with van der Waals surface area (Å²) in [7, 11) is 3.51. The molecule has 0 aliphatic rings. The van der Waals surface area contributed by atoms with Crippen LogP contribution in [0, 0.1) is 0 Å². The molecule has 1 heterocycles. The molecule has 0 radical (unpaired) electrons. The predicted molar refractivity (Wildman–Crippen MR) is 105 cm³/mol. The number of hydrogen-bond acceptors (Lipinski definition) is 4. The Kier molecular flexibility index (Phi) is 7.35. The van der Waals surface area contributed by atoms with Gasteiger partial charge in [0.1, 0.15) is 6.04 Å². The Labute approximate surface area is 160 Å². The van der Waals surface area contributed by atoms with E-state index in [0.29, 0.717) is 11.3 Å². The summed E-state index contributed by atoms with van der Waals surface area (Å²) in [5.74, 6) is -0.398. The van der Waals surface area contributed by atoms with E-state index >= 15 is 0 Å². The van der Waals surface area contributed by atoms with E-state index in [1.165, 1.54) is 0 Å². The lowest BCUT2D eigenvalue weighted by molar-refractivity contribution is -0.118. The molecule has 1 atom stereocenters. The molecule has 0 fully saturated rings. The Balaban J connectivity index is 0.00000338. The summed E-state index contributed by atoms with van der Waals surface area (Å²) >= 11 is 0. The van der Waals surface area contributed by atoms with Crippen molar-refractivity contribution < 1.29 is 9.59 Å². The van der Waals surface area contributed by atoms with Crippen molar-refractivity contribution in [3.05, 3.63) is 47.8 Å². The van der Waals surface area contributed by atoms with E-state index in [4.69, 9.17) is 0 Å². The van der Waals surface area contributed by atoms with Crippen LogP contribution in [0.3, 0.4) is 0 Å². The van der Waals surface area contributed by atoms with Crippen molar-refractivity contribution in [2.24, 2.45) is 7.05 Å². The maximum Gasteiger partial charge on any atom is 0.251 e. The number of hydrogen-bond donors (Lipinski definition) is 3. The normalized spacial score (nSPS) is 12.0. The third-order valence-corrected chi connectivity index (χ3v) is 3.49. The number of rotatable bonds is 5. The topological polar surface area (TPSA) is 88.1 Å². The fourth-order valence-electron chi connectivity index (χ4n) is 2.40. The van der Waals surface area contributed by atoms with E-state index in [1.807, 2.05) is 20.8 Å². The Hall–Kier alpha value is -2.38. The third-order valence-electron chi connectivity index (χ3n) is 3.49. The summed E-state index contributed by atoms with van der Waals surface area (Å²) in [5.41, 5.74) is 1.50. The monoisotopic (exact) mass is 379 g/mol. The van der Waals surface area contributed by atoms with Crippen molar-refractivity contribution in [3.63, 3.8) is 0 Å². The van der Waals surface area contributed by atoms with Crippen molar-refractivity contribution in [3.8, 4) is 0 Å². The molecule has 1 aromatic heterocycles. The number of amides is 2. The molecule has 0 spiro atoms. The smallest absolute Gasteiger partial charge is 0.251 e. The molecule has 2 amide bonds. The molecule has 7 nitrogen and oxygen atoms in total. The van der Waals surface area contributed by atoms with Crippen molar-refractivity contribution in [2.45, 2.75) is 32.4 Å². The first-order valence-corrected chi connectivity index (χ1v) is 8.09. The van der Waals surface area contributed by atoms with Gasteiger partial charge in [-0.2, -0.15) is 5.10 Å².